The maximum absolute atomic E-state index is 13.0. The van der Waals surface area contributed by atoms with Crippen molar-refractivity contribution in [2.45, 2.75) is 23.8 Å². The molecule has 1 fully saturated rings. The summed E-state index contributed by atoms with van der Waals surface area (Å²) in [6.07, 6.45) is 1.63. The summed E-state index contributed by atoms with van der Waals surface area (Å²) in [4.78, 5) is 2.10. The van der Waals surface area contributed by atoms with Crippen LogP contribution < -0.4 is 15.5 Å². The van der Waals surface area contributed by atoms with Crippen molar-refractivity contribution in [3.63, 3.8) is 0 Å². The van der Waals surface area contributed by atoms with E-state index < -0.39 is 20.7 Å². The Hall–Kier alpha value is -1.95. The summed E-state index contributed by atoms with van der Waals surface area (Å²) in [5, 5.41) is 18.1. The van der Waals surface area contributed by atoms with Gasteiger partial charge in [0.2, 0.25) is 0 Å². The standard InChI is InChI=1S/C19H23ClN4O4S2/c1-28-12-14-8-5-11-24(14)23-30(26,27)18-15(20)9-10-16(17(18)25)22-19(29)21-13-6-3-2-4-7-13/h2-4,6-7,9-10,14,23,25H,5,8,11-12H2,1H3,(H2,21,22,29)/t14-/m0/s1. The van der Waals surface area contributed by atoms with Crippen molar-refractivity contribution in [3.05, 3.63) is 47.5 Å². The average molecular weight is 471 g/mol. The van der Waals surface area contributed by atoms with Crippen LogP contribution in [0.15, 0.2) is 47.4 Å². The minimum atomic E-state index is -4.14. The number of hydrazine groups is 1. The molecule has 2 aromatic carbocycles. The number of hydrogen-bond donors (Lipinski definition) is 4. The third kappa shape index (κ3) is 5.39. The van der Waals surface area contributed by atoms with Crippen LogP contribution in [0.5, 0.6) is 5.75 Å². The van der Waals surface area contributed by atoms with Gasteiger partial charge < -0.3 is 20.5 Å². The Balaban J connectivity index is 1.80. The quantitative estimate of drug-likeness (QED) is 0.361. The van der Waals surface area contributed by atoms with Gasteiger partial charge in [0.15, 0.2) is 10.9 Å². The Labute approximate surface area is 186 Å². The molecule has 1 aliphatic rings. The average Bonchev–Trinajstić information content (AvgIpc) is 3.11. The van der Waals surface area contributed by atoms with E-state index in [1.165, 1.54) is 12.1 Å². The van der Waals surface area contributed by atoms with Crippen molar-refractivity contribution < 1.29 is 18.3 Å². The van der Waals surface area contributed by atoms with Gasteiger partial charge in [-0.25, -0.2) is 13.4 Å². The van der Waals surface area contributed by atoms with Crippen LogP contribution in [0.25, 0.3) is 0 Å². The molecule has 0 aliphatic carbocycles. The number of para-hydroxylation sites is 1. The predicted octanol–water partition coefficient (Wildman–Crippen LogP) is 3.16. The highest BCUT2D eigenvalue weighted by atomic mass is 35.5. The van der Waals surface area contributed by atoms with Crippen molar-refractivity contribution >= 4 is 50.3 Å². The maximum Gasteiger partial charge on any atom is 0.258 e. The molecule has 0 bridgehead atoms. The van der Waals surface area contributed by atoms with E-state index in [0.717, 1.165) is 18.5 Å². The molecule has 3 rings (SSSR count). The van der Waals surface area contributed by atoms with Crippen molar-refractivity contribution in [1.29, 1.82) is 0 Å². The van der Waals surface area contributed by atoms with Crippen LogP contribution >= 0.6 is 23.8 Å². The number of aromatic hydroxyl groups is 1. The number of methoxy groups -OCH3 is 1. The zero-order valence-corrected chi connectivity index (χ0v) is 18.6. The summed E-state index contributed by atoms with van der Waals surface area (Å²) in [6.45, 7) is 0.928. The minimum Gasteiger partial charge on any atom is -0.504 e. The van der Waals surface area contributed by atoms with E-state index in [-0.39, 0.29) is 21.9 Å². The minimum absolute atomic E-state index is 0.0883. The number of hydrogen-bond acceptors (Lipinski definition) is 6. The van der Waals surface area contributed by atoms with Crippen LogP contribution in [-0.2, 0) is 14.8 Å². The third-order valence-electron chi connectivity index (χ3n) is 4.61. The van der Waals surface area contributed by atoms with Gasteiger partial charge in [-0.05, 0) is 49.3 Å². The number of nitrogens with zero attached hydrogens (tertiary/aromatic N) is 1. The van der Waals surface area contributed by atoms with E-state index in [1.54, 1.807) is 12.1 Å². The maximum atomic E-state index is 13.0. The number of halogens is 1. The molecule has 30 heavy (non-hydrogen) atoms. The number of nitrogens with one attached hydrogen (secondary N) is 3. The van der Waals surface area contributed by atoms with Crippen molar-refractivity contribution in [2.75, 3.05) is 30.9 Å². The fourth-order valence-electron chi connectivity index (χ4n) is 3.23. The van der Waals surface area contributed by atoms with Crippen LogP contribution in [0.3, 0.4) is 0 Å². The highest BCUT2D eigenvalue weighted by Crippen LogP contribution is 2.37. The molecule has 1 saturated heterocycles. The number of benzene rings is 2. The number of phenols is 1. The summed E-state index contributed by atoms with van der Waals surface area (Å²) in [6, 6.07) is 12.0. The van der Waals surface area contributed by atoms with E-state index in [9.17, 15) is 13.5 Å². The van der Waals surface area contributed by atoms with E-state index in [2.05, 4.69) is 15.5 Å². The second kappa shape index (κ2) is 9.90. The molecule has 0 amide bonds. The van der Waals surface area contributed by atoms with E-state index in [1.807, 2.05) is 30.3 Å². The summed E-state index contributed by atoms with van der Waals surface area (Å²) in [7, 11) is -2.57. The molecule has 4 N–H and O–H groups in total. The molecule has 2 aromatic rings. The predicted molar refractivity (Wildman–Crippen MR) is 121 cm³/mol. The molecule has 1 atom stereocenters. The Bertz CT molecular complexity index is 1010. The molecule has 0 saturated carbocycles. The molecule has 0 spiro atoms. The van der Waals surface area contributed by atoms with Crippen molar-refractivity contribution in [3.8, 4) is 5.75 Å². The van der Waals surface area contributed by atoms with Crippen LogP contribution in [0.2, 0.25) is 5.02 Å². The number of thiocarbonyl (C=S) groups is 1. The first-order chi connectivity index (χ1) is 14.3. The van der Waals surface area contributed by atoms with Gasteiger partial charge in [-0.2, -0.15) is 0 Å². The number of rotatable bonds is 7. The second-order valence-corrected chi connectivity index (χ2v) is 9.17. The van der Waals surface area contributed by atoms with Gasteiger partial charge in [-0.3, -0.25) is 0 Å². The lowest BCUT2D eigenvalue weighted by Gasteiger charge is -2.25. The van der Waals surface area contributed by atoms with Gasteiger partial charge >= 0.3 is 0 Å². The first-order valence-corrected chi connectivity index (χ1v) is 11.5. The molecule has 8 nitrogen and oxygen atoms in total. The van der Waals surface area contributed by atoms with Gasteiger partial charge in [0.1, 0.15) is 4.90 Å². The molecule has 0 radical (unpaired) electrons. The first-order valence-electron chi connectivity index (χ1n) is 9.24. The molecule has 0 unspecified atom stereocenters. The van der Waals surface area contributed by atoms with Crippen LogP contribution in [-0.4, -0.2) is 49.9 Å². The second-order valence-electron chi connectivity index (χ2n) is 6.76. The van der Waals surface area contributed by atoms with Gasteiger partial charge in [-0.1, -0.05) is 29.8 Å². The van der Waals surface area contributed by atoms with E-state index in [0.29, 0.717) is 13.2 Å². The Morgan fingerprint density at radius 2 is 2.00 bits per heavy atom. The molecule has 11 heteroatoms. The van der Waals surface area contributed by atoms with E-state index in [4.69, 9.17) is 28.6 Å². The summed E-state index contributed by atoms with van der Waals surface area (Å²) >= 11 is 11.4. The van der Waals surface area contributed by atoms with Crippen LogP contribution in [0.4, 0.5) is 11.4 Å². The number of anilines is 2. The molecular weight excluding hydrogens is 448 g/mol. The van der Waals surface area contributed by atoms with Gasteiger partial charge in [0.25, 0.3) is 10.0 Å². The van der Waals surface area contributed by atoms with Crippen molar-refractivity contribution in [2.24, 2.45) is 0 Å². The summed E-state index contributed by atoms with van der Waals surface area (Å²) in [5.41, 5.74) is 0.860. The number of sulfonamides is 1. The molecule has 0 aromatic heterocycles. The number of ether oxygens (including phenoxy) is 1. The van der Waals surface area contributed by atoms with Gasteiger partial charge in [0, 0.05) is 25.4 Å². The molecule has 162 valence electrons. The SMILES string of the molecule is COC[C@@H]1CCCN1NS(=O)(=O)c1c(Cl)ccc(NC(=S)Nc2ccccc2)c1O. The lowest BCUT2D eigenvalue weighted by molar-refractivity contribution is 0.104. The molecule has 1 aliphatic heterocycles. The molecule has 1 heterocycles. The number of phenolic OH excluding ortho intramolecular Hbond substituents is 1. The Morgan fingerprint density at radius 1 is 1.27 bits per heavy atom. The zero-order chi connectivity index (χ0) is 21.7. The van der Waals surface area contributed by atoms with Crippen molar-refractivity contribution in [1.82, 2.24) is 9.84 Å². The Kier molecular flexibility index (Phi) is 7.50. The monoisotopic (exact) mass is 470 g/mol. The highest BCUT2D eigenvalue weighted by Gasteiger charge is 2.32. The lowest BCUT2D eigenvalue weighted by Crippen LogP contribution is -2.46. The van der Waals surface area contributed by atoms with Crippen LogP contribution in [0.1, 0.15) is 12.8 Å². The normalized spacial score (nSPS) is 17.1. The first kappa shape index (κ1) is 22.7. The van der Waals surface area contributed by atoms with Gasteiger partial charge in [-0.15, -0.1) is 4.83 Å². The zero-order valence-electron chi connectivity index (χ0n) is 16.3. The lowest BCUT2D eigenvalue weighted by atomic mass is 10.2. The Morgan fingerprint density at radius 3 is 2.70 bits per heavy atom. The summed E-state index contributed by atoms with van der Waals surface area (Å²) < 4.78 is 31.1. The fourth-order valence-corrected chi connectivity index (χ4v) is 5.25. The van der Waals surface area contributed by atoms with E-state index >= 15 is 0 Å². The largest absolute Gasteiger partial charge is 0.504 e. The molecular formula is C19H23ClN4O4S2. The van der Waals surface area contributed by atoms with Crippen LogP contribution in [0, 0.1) is 0 Å². The third-order valence-corrected chi connectivity index (χ3v) is 6.66. The fraction of sp³-hybridized carbons (Fsp3) is 0.316. The smallest absolute Gasteiger partial charge is 0.258 e. The summed E-state index contributed by atoms with van der Waals surface area (Å²) in [5.74, 6) is -0.519. The highest BCUT2D eigenvalue weighted by molar-refractivity contribution is 7.89. The topological polar surface area (TPSA) is 103 Å². The van der Waals surface area contributed by atoms with Gasteiger partial charge in [0.05, 0.1) is 17.3 Å².